The molecule has 152 valence electrons. The van der Waals surface area contributed by atoms with Crippen molar-refractivity contribution in [3.63, 3.8) is 0 Å². The van der Waals surface area contributed by atoms with Crippen LogP contribution in [0.4, 0.5) is 14.6 Å². The Morgan fingerprint density at radius 2 is 1.93 bits per heavy atom. The number of aromatic amines is 1. The van der Waals surface area contributed by atoms with Gasteiger partial charge in [-0.2, -0.15) is 10.2 Å². The summed E-state index contributed by atoms with van der Waals surface area (Å²) in [6, 6.07) is 2.77. The monoisotopic (exact) mass is 397 g/mol. The van der Waals surface area contributed by atoms with E-state index in [9.17, 15) is 8.78 Å². The number of hydrogen-bond donors (Lipinski definition) is 1. The average Bonchev–Trinajstić information content (AvgIpc) is 3.42. The Kier molecular flexibility index (Phi) is 4.98. The third-order valence-electron chi connectivity index (χ3n) is 5.81. The molecule has 1 aliphatic rings. The van der Waals surface area contributed by atoms with Gasteiger partial charge >= 0.3 is 0 Å². The molecule has 0 bridgehead atoms. The summed E-state index contributed by atoms with van der Waals surface area (Å²) in [6.07, 6.45) is 5.16. The van der Waals surface area contributed by atoms with Crippen molar-refractivity contribution in [1.82, 2.24) is 20.0 Å². The van der Waals surface area contributed by atoms with E-state index in [1.165, 1.54) is 12.1 Å². The number of nitrogens with zero attached hydrogens (tertiary/aromatic N) is 4. The van der Waals surface area contributed by atoms with E-state index < -0.39 is 11.6 Å². The molecule has 29 heavy (non-hydrogen) atoms. The number of halogens is 2. The molecule has 0 amide bonds. The molecule has 0 spiro atoms. The van der Waals surface area contributed by atoms with Crippen molar-refractivity contribution >= 4 is 11.5 Å². The van der Waals surface area contributed by atoms with Gasteiger partial charge in [-0.15, -0.1) is 0 Å². The normalized spacial score (nSPS) is 14.3. The molecule has 7 heteroatoms. The van der Waals surface area contributed by atoms with Gasteiger partial charge < -0.3 is 4.90 Å². The molecule has 0 saturated carbocycles. The zero-order chi connectivity index (χ0) is 20.7. The first kappa shape index (κ1) is 19.4. The van der Waals surface area contributed by atoms with Crippen molar-refractivity contribution in [3.05, 3.63) is 59.4 Å². The molecule has 1 atom stereocenters. The van der Waals surface area contributed by atoms with Crippen LogP contribution in [0.25, 0.3) is 17.0 Å². The minimum atomic E-state index is -0.590. The van der Waals surface area contributed by atoms with Gasteiger partial charge in [0.05, 0.1) is 35.8 Å². The van der Waals surface area contributed by atoms with E-state index in [1.807, 2.05) is 22.7 Å². The van der Waals surface area contributed by atoms with Gasteiger partial charge in [-0.25, -0.2) is 13.5 Å². The van der Waals surface area contributed by atoms with Gasteiger partial charge in [0.2, 0.25) is 0 Å². The molecular formula is C22H25F2N5. The molecule has 2 aromatic heterocycles. The summed E-state index contributed by atoms with van der Waals surface area (Å²) in [6.45, 7) is 11.4. The van der Waals surface area contributed by atoms with E-state index in [4.69, 9.17) is 0 Å². The van der Waals surface area contributed by atoms with Crippen LogP contribution in [-0.4, -0.2) is 26.5 Å². The van der Waals surface area contributed by atoms with Gasteiger partial charge in [0.25, 0.3) is 0 Å². The minimum Gasteiger partial charge on any atom is -0.324 e. The maximum atomic E-state index is 14.7. The summed E-state index contributed by atoms with van der Waals surface area (Å²) in [5.74, 6) is -0.0718. The number of anilines is 1. The summed E-state index contributed by atoms with van der Waals surface area (Å²) in [7, 11) is 0. The van der Waals surface area contributed by atoms with E-state index in [0.29, 0.717) is 36.7 Å². The second-order valence-corrected chi connectivity index (χ2v) is 7.50. The first-order valence-corrected chi connectivity index (χ1v) is 10.00. The first-order valence-electron chi connectivity index (χ1n) is 10.00. The van der Waals surface area contributed by atoms with Crippen LogP contribution in [0.5, 0.6) is 0 Å². The summed E-state index contributed by atoms with van der Waals surface area (Å²) >= 11 is 0. The number of aromatic nitrogens is 4. The van der Waals surface area contributed by atoms with Crippen LogP contribution in [0, 0.1) is 11.6 Å². The van der Waals surface area contributed by atoms with Gasteiger partial charge in [0.1, 0.15) is 17.5 Å². The van der Waals surface area contributed by atoms with Gasteiger partial charge in [0.15, 0.2) is 0 Å². The van der Waals surface area contributed by atoms with Crippen LogP contribution in [0.15, 0.2) is 31.1 Å². The number of H-pyrrole nitrogens is 1. The number of benzene rings is 1. The zero-order valence-electron chi connectivity index (χ0n) is 17.0. The lowest BCUT2D eigenvalue weighted by atomic mass is 9.97. The summed E-state index contributed by atoms with van der Waals surface area (Å²) in [5.41, 5.74) is 3.69. The zero-order valence-corrected chi connectivity index (χ0v) is 17.0. The Hall–Kier alpha value is -2.96. The highest BCUT2D eigenvalue weighted by Gasteiger charge is 2.31. The molecule has 1 aromatic carbocycles. The van der Waals surface area contributed by atoms with E-state index >= 15 is 0 Å². The molecular weight excluding hydrogens is 372 g/mol. The van der Waals surface area contributed by atoms with E-state index in [0.717, 1.165) is 29.1 Å². The third kappa shape index (κ3) is 3.14. The van der Waals surface area contributed by atoms with Crippen molar-refractivity contribution < 1.29 is 8.78 Å². The van der Waals surface area contributed by atoms with Gasteiger partial charge in [-0.1, -0.05) is 27.4 Å². The second-order valence-electron chi connectivity index (χ2n) is 7.50. The lowest BCUT2D eigenvalue weighted by Crippen LogP contribution is -2.20. The van der Waals surface area contributed by atoms with Crippen LogP contribution < -0.4 is 4.90 Å². The Bertz CT molecular complexity index is 1040. The average molecular weight is 397 g/mol. The third-order valence-corrected chi connectivity index (χ3v) is 5.81. The van der Waals surface area contributed by atoms with Crippen molar-refractivity contribution in [3.8, 4) is 11.3 Å². The van der Waals surface area contributed by atoms with Crippen LogP contribution >= 0.6 is 0 Å². The Morgan fingerprint density at radius 3 is 2.59 bits per heavy atom. The fourth-order valence-electron chi connectivity index (χ4n) is 3.91. The molecule has 1 aliphatic heterocycles. The molecule has 1 N–H and O–H groups in total. The van der Waals surface area contributed by atoms with E-state index in [2.05, 4.69) is 35.7 Å². The van der Waals surface area contributed by atoms with E-state index in [1.54, 1.807) is 6.20 Å². The Labute approximate surface area is 169 Å². The standard InChI is InChI=1S/C22H25F2N5/c1-5-13(3)16-11-25-27-21(16)17-12-26-29-8-7-28(22(17)29)14(4)20-18(23)9-15(6-2)10-19(20)24/h9-13H,4-8H2,1-3H3,(H,25,27). The highest BCUT2D eigenvalue weighted by molar-refractivity contribution is 5.86. The molecule has 1 unspecified atom stereocenters. The van der Waals surface area contributed by atoms with Crippen molar-refractivity contribution in [1.29, 1.82) is 0 Å². The Balaban J connectivity index is 1.77. The number of rotatable bonds is 6. The van der Waals surface area contributed by atoms with Crippen molar-refractivity contribution in [2.24, 2.45) is 0 Å². The highest BCUT2D eigenvalue weighted by Crippen LogP contribution is 2.40. The molecule has 0 aliphatic carbocycles. The molecule has 0 fully saturated rings. The van der Waals surface area contributed by atoms with Crippen molar-refractivity contribution in [2.75, 3.05) is 11.4 Å². The predicted molar refractivity (Wildman–Crippen MR) is 111 cm³/mol. The SMILES string of the molecule is C=C(c1c(F)cc(CC)cc1F)N1CCn2ncc(-c3[nH]ncc3C(C)CC)c21. The molecule has 3 aromatic rings. The molecule has 3 heterocycles. The van der Waals surface area contributed by atoms with Gasteiger partial charge in [-0.3, -0.25) is 5.10 Å². The molecule has 0 saturated heterocycles. The minimum absolute atomic E-state index is 0.0884. The van der Waals surface area contributed by atoms with Gasteiger partial charge in [0, 0.05) is 17.8 Å². The lowest BCUT2D eigenvalue weighted by Gasteiger charge is -2.23. The number of fused-ring (bicyclic) bond motifs is 1. The lowest BCUT2D eigenvalue weighted by molar-refractivity contribution is 0.572. The quantitative estimate of drug-likeness (QED) is 0.628. The maximum absolute atomic E-state index is 14.7. The number of aryl methyl sites for hydroxylation is 1. The molecule has 4 rings (SSSR count). The predicted octanol–water partition coefficient (Wildman–Crippen LogP) is 5.12. The highest BCUT2D eigenvalue weighted by atomic mass is 19.1. The summed E-state index contributed by atoms with van der Waals surface area (Å²) < 4.78 is 31.3. The largest absolute Gasteiger partial charge is 0.324 e. The fraction of sp³-hybridized carbons (Fsp3) is 0.364. The topological polar surface area (TPSA) is 49.7 Å². The van der Waals surface area contributed by atoms with Crippen LogP contribution in [0.3, 0.4) is 0 Å². The number of nitrogens with one attached hydrogen (secondary N) is 1. The maximum Gasteiger partial charge on any atom is 0.140 e. The first-order chi connectivity index (χ1) is 14.0. The Morgan fingerprint density at radius 1 is 1.21 bits per heavy atom. The van der Waals surface area contributed by atoms with Crippen LogP contribution in [0.2, 0.25) is 0 Å². The smallest absolute Gasteiger partial charge is 0.140 e. The summed E-state index contributed by atoms with van der Waals surface area (Å²) in [4.78, 5) is 1.84. The molecule has 5 nitrogen and oxygen atoms in total. The fourth-order valence-corrected chi connectivity index (χ4v) is 3.91. The summed E-state index contributed by atoms with van der Waals surface area (Å²) in [5, 5.41) is 11.8. The van der Waals surface area contributed by atoms with Crippen molar-refractivity contribution in [2.45, 2.75) is 46.1 Å². The van der Waals surface area contributed by atoms with E-state index in [-0.39, 0.29) is 5.56 Å². The van der Waals surface area contributed by atoms with Crippen LogP contribution in [-0.2, 0) is 13.0 Å². The number of hydrogen-bond acceptors (Lipinski definition) is 3. The van der Waals surface area contributed by atoms with Gasteiger partial charge in [-0.05, 0) is 36.5 Å². The van der Waals surface area contributed by atoms with Crippen LogP contribution in [0.1, 0.15) is 49.8 Å². The second kappa shape index (κ2) is 7.46. The molecule has 0 radical (unpaired) electrons.